The fourth-order valence-electron chi connectivity index (χ4n) is 1.23. The molecule has 1 amide bonds. The Morgan fingerprint density at radius 1 is 0.840 bits per heavy atom. The summed E-state index contributed by atoms with van der Waals surface area (Å²) >= 11 is 0. The fourth-order valence-corrected chi connectivity index (χ4v) is 2.04. The smallest absolute Gasteiger partial charge is 0.435 e. The molecule has 0 radical (unpaired) electrons. The lowest BCUT2D eigenvalue weighted by atomic mass is 10.2. The molecule has 0 saturated heterocycles. The summed E-state index contributed by atoms with van der Waals surface area (Å²) in [5, 5.41) is 0.0188. The van der Waals surface area contributed by atoms with Crippen LogP contribution in [0.4, 0.5) is 4.79 Å². The van der Waals surface area contributed by atoms with Crippen LogP contribution in [0.2, 0.25) is 18.1 Å². The summed E-state index contributed by atoms with van der Waals surface area (Å²) in [7, 11) is -1.97. The summed E-state index contributed by atoms with van der Waals surface area (Å²) in [6, 6.07) is 0. The predicted molar refractivity (Wildman–Crippen MR) is 104 cm³/mol. The van der Waals surface area contributed by atoms with Crippen molar-refractivity contribution in [3.8, 4) is 11.5 Å². The number of hydrogen-bond acceptors (Lipinski definition) is 4. The molecule has 0 atom stereocenters. The molecule has 0 N–H and O–H groups in total. The normalized spacial score (nSPS) is 13.6. The zero-order valence-corrected chi connectivity index (χ0v) is 18.6. The van der Waals surface area contributed by atoms with E-state index >= 15 is 0 Å². The topological polar surface area (TPSA) is 65.0 Å². The van der Waals surface area contributed by atoms with Gasteiger partial charge < -0.3 is 9.47 Å². The second kappa shape index (κ2) is 7.73. The van der Waals surface area contributed by atoms with Crippen molar-refractivity contribution in [3.63, 3.8) is 0 Å². The molecule has 0 aliphatic carbocycles. The first kappa shape index (κ1) is 23.4. The van der Waals surface area contributed by atoms with Crippen LogP contribution < -0.4 is 0 Å². The molecular formula is C19H33NO4Si. The molecule has 0 rings (SSSR count). The Kier molecular flexibility index (Phi) is 7.23. The van der Waals surface area contributed by atoms with Crippen LogP contribution in [-0.4, -0.2) is 37.1 Å². The lowest BCUT2D eigenvalue weighted by Gasteiger charge is -2.31. The zero-order valence-electron chi connectivity index (χ0n) is 17.6. The van der Waals surface area contributed by atoms with E-state index in [9.17, 15) is 9.59 Å². The van der Waals surface area contributed by atoms with Crippen LogP contribution in [0, 0.1) is 11.5 Å². The van der Waals surface area contributed by atoms with Crippen LogP contribution >= 0.6 is 0 Å². The first-order valence-corrected chi connectivity index (χ1v) is 11.4. The molecule has 0 aromatic heterocycles. The first-order chi connectivity index (χ1) is 10.8. The summed E-state index contributed by atoms with van der Waals surface area (Å²) in [5.41, 5.74) is 1.56. The van der Waals surface area contributed by atoms with E-state index in [1.54, 1.807) is 41.5 Å². The molecule has 6 heteroatoms. The van der Waals surface area contributed by atoms with Gasteiger partial charge in [0.1, 0.15) is 19.3 Å². The fraction of sp³-hybridized carbons (Fsp3) is 0.737. The van der Waals surface area contributed by atoms with Crippen molar-refractivity contribution >= 4 is 25.8 Å². The molecule has 0 aromatic rings. The summed E-state index contributed by atoms with van der Waals surface area (Å²) in [6.07, 6.45) is -0.849. The highest BCUT2D eigenvalue weighted by molar-refractivity contribution is 6.88. The number of nitrogens with zero attached hydrogens (tertiary/aromatic N) is 1. The Morgan fingerprint density at radius 3 is 1.64 bits per heavy atom. The van der Waals surface area contributed by atoms with Crippen molar-refractivity contribution in [1.82, 2.24) is 0 Å². The third kappa shape index (κ3) is 9.44. The van der Waals surface area contributed by atoms with E-state index in [4.69, 9.17) is 9.47 Å². The minimum atomic E-state index is -1.97. The van der Waals surface area contributed by atoms with Gasteiger partial charge in [0, 0.05) is 0 Å². The summed E-state index contributed by atoms with van der Waals surface area (Å²) in [5.74, 6) is 2.07. The van der Waals surface area contributed by atoms with Gasteiger partial charge >= 0.3 is 12.1 Å². The lowest BCUT2D eigenvalue weighted by molar-refractivity contribution is -0.146. The van der Waals surface area contributed by atoms with Crippen molar-refractivity contribution in [2.45, 2.75) is 91.6 Å². The van der Waals surface area contributed by atoms with E-state index < -0.39 is 31.3 Å². The number of amides is 1. The van der Waals surface area contributed by atoms with E-state index in [2.05, 4.69) is 50.3 Å². The molecule has 0 aliphatic heterocycles. The van der Waals surface area contributed by atoms with Gasteiger partial charge in [-0.2, -0.15) is 4.99 Å². The molecule has 0 unspecified atom stereocenters. The van der Waals surface area contributed by atoms with E-state index in [1.807, 2.05) is 0 Å². The molecule has 5 nitrogen and oxygen atoms in total. The maximum Gasteiger partial charge on any atom is 0.435 e. The van der Waals surface area contributed by atoms with Gasteiger partial charge in [-0.1, -0.05) is 33.9 Å². The van der Waals surface area contributed by atoms with E-state index in [1.165, 1.54) is 0 Å². The number of carbonyl (C=O) groups is 2. The summed E-state index contributed by atoms with van der Waals surface area (Å²) < 4.78 is 10.5. The van der Waals surface area contributed by atoms with Crippen molar-refractivity contribution in [2.75, 3.05) is 0 Å². The van der Waals surface area contributed by atoms with Gasteiger partial charge in [-0.25, -0.2) is 9.59 Å². The lowest BCUT2D eigenvalue weighted by Crippen LogP contribution is -2.36. The number of aliphatic imine (C=N–C) groups is 1. The van der Waals surface area contributed by atoms with Gasteiger partial charge in [-0.3, -0.25) is 0 Å². The molecular weight excluding hydrogens is 334 g/mol. The van der Waals surface area contributed by atoms with Crippen LogP contribution in [0.5, 0.6) is 0 Å². The van der Waals surface area contributed by atoms with Gasteiger partial charge in [0.05, 0.1) is 0 Å². The molecule has 0 spiro atoms. The number of hydrogen-bond donors (Lipinski definition) is 0. The van der Waals surface area contributed by atoms with E-state index in [-0.39, 0.29) is 10.7 Å². The predicted octanol–water partition coefficient (Wildman–Crippen LogP) is 4.76. The van der Waals surface area contributed by atoms with Crippen molar-refractivity contribution < 1.29 is 19.1 Å². The molecule has 0 fully saturated rings. The van der Waals surface area contributed by atoms with Crippen LogP contribution in [-0.2, 0) is 14.3 Å². The standard InChI is InChI=1S/C19H33NO4Si/c1-17(2,3)23-15(21)14(20-16(22)24-18(4,5)6)12-13-25(10,11)19(7,8)9/h1-11H3/b20-14-. The molecule has 0 saturated carbocycles. The van der Waals surface area contributed by atoms with Crippen molar-refractivity contribution in [1.29, 1.82) is 0 Å². The maximum atomic E-state index is 12.4. The average molecular weight is 368 g/mol. The Balaban J connectivity index is 5.81. The minimum Gasteiger partial charge on any atom is -0.455 e. The largest absolute Gasteiger partial charge is 0.455 e. The minimum absolute atomic E-state index is 0.0188. The Morgan fingerprint density at radius 2 is 1.28 bits per heavy atom. The number of carbonyl (C=O) groups excluding carboxylic acids is 2. The quantitative estimate of drug-likeness (QED) is 0.290. The third-order valence-corrected chi connectivity index (χ3v) is 8.06. The van der Waals surface area contributed by atoms with E-state index in [0.29, 0.717) is 0 Å². The summed E-state index contributed by atoms with van der Waals surface area (Å²) in [4.78, 5) is 28.1. The Bertz CT molecular complexity index is 603. The van der Waals surface area contributed by atoms with Gasteiger partial charge in [0.25, 0.3) is 0 Å². The summed E-state index contributed by atoms with van der Waals surface area (Å²) in [6.45, 7) is 21.0. The second-order valence-corrected chi connectivity index (χ2v) is 14.6. The molecule has 0 bridgehead atoms. The Hall–Kier alpha value is -1.61. The maximum absolute atomic E-state index is 12.4. The molecule has 0 aromatic carbocycles. The van der Waals surface area contributed by atoms with Gasteiger partial charge in [-0.05, 0) is 52.5 Å². The van der Waals surface area contributed by atoms with Gasteiger partial charge in [-0.15, -0.1) is 5.54 Å². The van der Waals surface area contributed by atoms with Crippen molar-refractivity contribution in [3.05, 3.63) is 0 Å². The Labute approximate surface area is 153 Å². The highest BCUT2D eigenvalue weighted by Crippen LogP contribution is 2.35. The highest BCUT2D eigenvalue weighted by atomic mass is 28.3. The van der Waals surface area contributed by atoms with Crippen LogP contribution in [0.3, 0.4) is 0 Å². The molecule has 25 heavy (non-hydrogen) atoms. The number of esters is 1. The first-order valence-electron chi connectivity index (χ1n) is 8.42. The number of rotatable bonds is 1. The second-order valence-electron chi connectivity index (χ2n) is 9.57. The van der Waals surface area contributed by atoms with Crippen LogP contribution in [0.15, 0.2) is 4.99 Å². The van der Waals surface area contributed by atoms with Crippen LogP contribution in [0.25, 0.3) is 0 Å². The third-order valence-electron chi connectivity index (χ3n) is 3.56. The monoisotopic (exact) mass is 367 g/mol. The van der Waals surface area contributed by atoms with Gasteiger partial charge in [0.15, 0.2) is 0 Å². The number of ether oxygens (including phenoxy) is 2. The van der Waals surface area contributed by atoms with Crippen molar-refractivity contribution in [2.24, 2.45) is 4.99 Å². The van der Waals surface area contributed by atoms with Gasteiger partial charge in [0.2, 0.25) is 5.71 Å². The molecule has 0 aliphatic rings. The average Bonchev–Trinajstić information content (AvgIpc) is 2.28. The SMILES string of the molecule is CC(C)(C)OC(=O)/N=C(/C#C[Si](C)(C)C(C)(C)C)C(=O)OC(C)(C)C. The molecule has 0 heterocycles. The zero-order chi connectivity index (χ0) is 20.3. The van der Waals surface area contributed by atoms with Crippen LogP contribution in [0.1, 0.15) is 62.3 Å². The highest BCUT2D eigenvalue weighted by Gasteiger charge is 2.34. The molecule has 142 valence electrons. The van der Waals surface area contributed by atoms with E-state index in [0.717, 1.165) is 0 Å².